The fourth-order valence-corrected chi connectivity index (χ4v) is 5.33. The van der Waals surface area contributed by atoms with Crippen LogP contribution in [0.15, 0.2) is 133 Å². The molecule has 0 aliphatic heterocycles. The van der Waals surface area contributed by atoms with Gasteiger partial charge in [0.1, 0.15) is 5.82 Å². The zero-order valence-electron chi connectivity index (χ0n) is 28.7. The second kappa shape index (κ2) is 19.8. The van der Waals surface area contributed by atoms with E-state index in [4.69, 9.17) is 33.7 Å². The highest BCUT2D eigenvalue weighted by Crippen LogP contribution is 2.30. The molecule has 0 aliphatic rings. The Labute approximate surface area is 315 Å². The summed E-state index contributed by atoms with van der Waals surface area (Å²) in [6.45, 7) is 1.12. The maximum Gasteiger partial charge on any atom is 0.197 e. The van der Waals surface area contributed by atoms with Crippen LogP contribution in [-0.4, -0.2) is 25.8 Å². The van der Waals surface area contributed by atoms with Crippen molar-refractivity contribution >= 4 is 40.5 Å². The van der Waals surface area contributed by atoms with E-state index in [0.29, 0.717) is 29.4 Å². The van der Waals surface area contributed by atoms with Crippen molar-refractivity contribution in [1.82, 2.24) is 0 Å². The van der Waals surface area contributed by atoms with Gasteiger partial charge >= 0.3 is 0 Å². The minimum atomic E-state index is -0.858. The molecule has 0 radical (unpaired) electrons. The van der Waals surface area contributed by atoms with Crippen LogP contribution in [0, 0.1) is 17.5 Å². The summed E-state index contributed by atoms with van der Waals surface area (Å²) in [5.74, 6) is -3.49. The maximum atomic E-state index is 14.2. The smallest absolute Gasteiger partial charge is 0.197 e. The third-order valence-corrected chi connectivity index (χ3v) is 8.32. The van der Waals surface area contributed by atoms with Crippen LogP contribution in [0.4, 0.5) is 18.9 Å². The van der Waals surface area contributed by atoms with E-state index >= 15 is 0 Å². The fourth-order valence-electron chi connectivity index (χ4n) is 4.89. The Hall–Kier alpha value is -5.61. The van der Waals surface area contributed by atoms with Crippen molar-refractivity contribution < 1.29 is 32.2 Å². The largest absolute Gasteiger partial charge is 0.494 e. The minimum Gasteiger partial charge on any atom is -0.494 e. The van der Waals surface area contributed by atoms with Gasteiger partial charge in [0.25, 0.3) is 0 Å². The highest BCUT2D eigenvalue weighted by atomic mass is 35.5. The number of halogens is 5. The van der Waals surface area contributed by atoms with E-state index in [1.165, 1.54) is 44.0 Å². The molecule has 6 aromatic rings. The number of benzene rings is 6. The van der Waals surface area contributed by atoms with Crippen molar-refractivity contribution in [2.75, 3.05) is 19.5 Å². The van der Waals surface area contributed by atoms with Crippen LogP contribution < -0.4 is 20.5 Å². The first-order valence-electron chi connectivity index (χ1n) is 16.1. The number of ether oxygens (including phenoxy) is 2. The number of ketones is 2. The minimum absolute atomic E-state index is 0.0660. The Morgan fingerprint density at radius 2 is 1.00 bits per heavy atom. The standard InChI is InChI=1S/C21H17ClFNO2.C14H9ClF2O2.C7H9N/c1-26-20-12-19(24-13-14-7-3-2-4-8-14)16(11-18(20)23)21(25)15-9-5-6-10-17(15)22;1-19-13-7-11(16)9(6-12(13)17)14(18)8-4-2-3-5-10(8)15;8-6-7-4-2-1-3-5-7/h2-12,24H,13H2,1H3;2-7H,1H3;1-5H,6,8H2. The molecule has 0 amide bonds. The van der Waals surface area contributed by atoms with Crippen LogP contribution >= 0.6 is 23.2 Å². The van der Waals surface area contributed by atoms with Crippen molar-refractivity contribution in [3.63, 3.8) is 0 Å². The number of rotatable bonds is 10. The van der Waals surface area contributed by atoms with E-state index in [0.717, 1.165) is 17.7 Å². The molecule has 0 saturated carbocycles. The predicted molar refractivity (Wildman–Crippen MR) is 204 cm³/mol. The van der Waals surface area contributed by atoms with Crippen molar-refractivity contribution in [2.24, 2.45) is 5.73 Å². The number of anilines is 1. The molecule has 0 heterocycles. The number of methoxy groups -OCH3 is 2. The van der Waals surface area contributed by atoms with Gasteiger partial charge in [0.15, 0.2) is 34.7 Å². The fraction of sp³-hybridized carbons (Fsp3) is 0.0952. The topological polar surface area (TPSA) is 90.6 Å². The summed E-state index contributed by atoms with van der Waals surface area (Å²) >= 11 is 12.0. The van der Waals surface area contributed by atoms with Crippen LogP contribution in [-0.2, 0) is 13.1 Å². The molecule has 6 aromatic carbocycles. The average molecular weight is 760 g/mol. The zero-order chi connectivity index (χ0) is 38.3. The molecule has 6 nitrogen and oxygen atoms in total. The van der Waals surface area contributed by atoms with Crippen molar-refractivity contribution in [2.45, 2.75) is 13.1 Å². The molecule has 0 bridgehead atoms. The van der Waals surface area contributed by atoms with Crippen LogP contribution in [0.3, 0.4) is 0 Å². The number of hydrogen-bond donors (Lipinski definition) is 2. The van der Waals surface area contributed by atoms with Gasteiger partial charge in [0.05, 0.1) is 29.8 Å². The van der Waals surface area contributed by atoms with Gasteiger partial charge < -0.3 is 20.5 Å². The van der Waals surface area contributed by atoms with Crippen LogP contribution in [0.1, 0.15) is 43.0 Å². The van der Waals surface area contributed by atoms with Crippen LogP contribution in [0.5, 0.6) is 11.5 Å². The summed E-state index contributed by atoms with van der Waals surface area (Å²) in [6.07, 6.45) is 0. The molecule has 11 heteroatoms. The molecule has 0 aromatic heterocycles. The van der Waals surface area contributed by atoms with E-state index in [1.807, 2.05) is 60.7 Å². The normalized spacial score (nSPS) is 10.2. The molecule has 0 spiro atoms. The van der Waals surface area contributed by atoms with E-state index in [2.05, 4.69) is 10.1 Å². The lowest BCUT2D eigenvalue weighted by Crippen LogP contribution is -2.10. The second-order valence-electron chi connectivity index (χ2n) is 11.1. The Morgan fingerprint density at radius 1 is 0.566 bits per heavy atom. The van der Waals surface area contributed by atoms with Gasteiger partial charge in [-0.1, -0.05) is 108 Å². The van der Waals surface area contributed by atoms with Crippen molar-refractivity contribution in [3.05, 3.63) is 194 Å². The van der Waals surface area contributed by atoms with Gasteiger partial charge in [0, 0.05) is 47.6 Å². The van der Waals surface area contributed by atoms with E-state index in [1.54, 1.807) is 36.4 Å². The Balaban J connectivity index is 0.000000202. The van der Waals surface area contributed by atoms with Crippen LogP contribution in [0.25, 0.3) is 0 Å². The highest BCUT2D eigenvalue weighted by molar-refractivity contribution is 6.35. The summed E-state index contributed by atoms with van der Waals surface area (Å²) in [7, 11) is 2.60. The van der Waals surface area contributed by atoms with Gasteiger partial charge in [-0.15, -0.1) is 0 Å². The number of nitrogens with two attached hydrogens (primary N) is 1. The average Bonchev–Trinajstić information content (AvgIpc) is 3.19. The van der Waals surface area contributed by atoms with Crippen molar-refractivity contribution in [1.29, 1.82) is 0 Å². The van der Waals surface area contributed by atoms with Gasteiger partial charge in [-0.05, 0) is 47.5 Å². The van der Waals surface area contributed by atoms with Crippen LogP contribution in [0.2, 0.25) is 10.0 Å². The second-order valence-corrected chi connectivity index (χ2v) is 12.0. The lowest BCUT2D eigenvalue weighted by atomic mass is 10.0. The van der Waals surface area contributed by atoms with Gasteiger partial charge in [-0.2, -0.15) is 0 Å². The SMILES string of the molecule is COc1cc(F)c(C(=O)c2ccccc2Cl)cc1F.COc1cc(NCc2ccccc2)c(C(=O)c2ccccc2Cl)cc1F.NCc1ccccc1. The first-order chi connectivity index (χ1) is 25.6. The number of carbonyl (C=O) groups is 2. The molecule has 0 unspecified atom stereocenters. The monoisotopic (exact) mass is 758 g/mol. The summed E-state index contributed by atoms with van der Waals surface area (Å²) in [6, 6.07) is 36.9. The molecule has 272 valence electrons. The first-order valence-corrected chi connectivity index (χ1v) is 16.8. The number of carbonyl (C=O) groups excluding carboxylic acids is 2. The Kier molecular flexibility index (Phi) is 15.0. The summed E-state index contributed by atoms with van der Waals surface area (Å²) in [5, 5.41) is 3.70. The highest BCUT2D eigenvalue weighted by Gasteiger charge is 2.21. The molecular formula is C42H35Cl2F3N2O4. The Bertz CT molecular complexity index is 2150. The summed E-state index contributed by atoms with van der Waals surface area (Å²) in [4.78, 5) is 25.0. The third kappa shape index (κ3) is 10.9. The molecule has 0 atom stereocenters. The Morgan fingerprint density at radius 3 is 1.47 bits per heavy atom. The molecular weight excluding hydrogens is 724 g/mol. The van der Waals surface area contributed by atoms with Gasteiger partial charge in [0.2, 0.25) is 0 Å². The molecule has 0 aliphatic carbocycles. The van der Waals surface area contributed by atoms with E-state index in [9.17, 15) is 22.8 Å². The quantitative estimate of drug-likeness (QED) is 0.135. The number of hydrogen-bond acceptors (Lipinski definition) is 6. The molecule has 0 saturated heterocycles. The maximum absolute atomic E-state index is 14.2. The molecule has 3 N–H and O–H groups in total. The molecule has 53 heavy (non-hydrogen) atoms. The summed E-state index contributed by atoms with van der Waals surface area (Å²) < 4.78 is 51.2. The number of nitrogens with one attached hydrogen (secondary N) is 1. The molecule has 0 fully saturated rings. The molecule has 6 rings (SSSR count). The van der Waals surface area contributed by atoms with E-state index in [-0.39, 0.29) is 39.0 Å². The van der Waals surface area contributed by atoms with Gasteiger partial charge in [-0.25, -0.2) is 13.2 Å². The lowest BCUT2D eigenvalue weighted by molar-refractivity contribution is 0.102. The predicted octanol–water partition coefficient (Wildman–Crippen LogP) is 10.3. The third-order valence-electron chi connectivity index (χ3n) is 7.66. The van der Waals surface area contributed by atoms with Gasteiger partial charge in [-0.3, -0.25) is 9.59 Å². The van der Waals surface area contributed by atoms with E-state index < -0.39 is 23.2 Å². The van der Waals surface area contributed by atoms with Crippen molar-refractivity contribution in [3.8, 4) is 11.5 Å². The first kappa shape index (κ1) is 40.2. The lowest BCUT2D eigenvalue weighted by Gasteiger charge is -2.14. The summed E-state index contributed by atoms with van der Waals surface area (Å²) in [5.41, 5.74) is 8.31. The zero-order valence-corrected chi connectivity index (χ0v) is 30.2.